The Morgan fingerprint density at radius 1 is 0.600 bits per heavy atom. The van der Waals surface area contributed by atoms with E-state index in [4.69, 9.17) is 15.2 Å². The summed E-state index contributed by atoms with van der Waals surface area (Å²) < 4.78 is 12.1. The Bertz CT molecular complexity index is 1030. The fraction of sp³-hybridized carbons (Fsp3) is 0.667. The van der Waals surface area contributed by atoms with Gasteiger partial charge >= 0.3 is 0 Å². The van der Waals surface area contributed by atoms with Gasteiger partial charge in [0.1, 0.15) is 17.1 Å². The molecule has 226 valence electrons. The van der Waals surface area contributed by atoms with Crippen LogP contribution in [0.2, 0.25) is 0 Å². The van der Waals surface area contributed by atoms with Crippen LogP contribution < -0.4 is 15.2 Å². The van der Waals surface area contributed by atoms with Gasteiger partial charge in [-0.3, -0.25) is 0 Å². The summed E-state index contributed by atoms with van der Waals surface area (Å²) in [5.41, 5.74) is 10.7. The molecule has 0 spiro atoms. The van der Waals surface area contributed by atoms with E-state index >= 15 is 0 Å². The summed E-state index contributed by atoms with van der Waals surface area (Å²) in [6.45, 7) is 30.6. The van der Waals surface area contributed by atoms with Crippen molar-refractivity contribution in [1.29, 1.82) is 0 Å². The van der Waals surface area contributed by atoms with Gasteiger partial charge in [0.15, 0.2) is 0 Å². The molecule has 0 aliphatic carbocycles. The summed E-state index contributed by atoms with van der Waals surface area (Å²) in [6, 6.07) is 7.99. The fourth-order valence-corrected chi connectivity index (χ4v) is 5.64. The average molecular weight is 554 g/mol. The third kappa shape index (κ3) is 6.87. The van der Waals surface area contributed by atoms with Crippen LogP contribution in [0.3, 0.4) is 0 Å². The Morgan fingerprint density at radius 2 is 0.850 bits per heavy atom. The molecule has 0 radical (unpaired) electrons. The van der Waals surface area contributed by atoms with Crippen molar-refractivity contribution in [2.75, 3.05) is 14.2 Å². The monoisotopic (exact) mass is 553 g/mol. The highest BCUT2D eigenvalue weighted by atomic mass is 16.5. The largest absolute Gasteiger partial charge is 0.496 e. The van der Waals surface area contributed by atoms with Crippen LogP contribution in [0, 0.1) is 5.92 Å². The first-order valence-electron chi connectivity index (χ1n) is 14.9. The van der Waals surface area contributed by atoms with E-state index in [1.54, 1.807) is 14.2 Å². The number of ether oxygens (including phenoxy) is 2. The third-order valence-electron chi connectivity index (χ3n) is 7.96. The second kappa shape index (κ2) is 11.3. The topological polar surface area (TPSA) is 64.7 Å². The predicted molar refractivity (Wildman–Crippen MR) is 171 cm³/mol. The zero-order chi connectivity index (χ0) is 31.2. The Labute approximate surface area is 246 Å². The van der Waals surface area contributed by atoms with Gasteiger partial charge < -0.3 is 20.3 Å². The molecule has 0 bridgehead atoms. The highest BCUT2D eigenvalue weighted by molar-refractivity contribution is 5.57. The number of rotatable bonds is 7. The minimum Gasteiger partial charge on any atom is -0.496 e. The van der Waals surface area contributed by atoms with Gasteiger partial charge in [-0.2, -0.15) is 0 Å². The molecule has 0 saturated carbocycles. The van der Waals surface area contributed by atoms with Crippen LogP contribution >= 0.6 is 0 Å². The van der Waals surface area contributed by atoms with E-state index in [-0.39, 0.29) is 21.7 Å². The number of nitrogens with two attached hydrogens (primary N) is 1. The molecule has 4 nitrogen and oxygen atoms in total. The van der Waals surface area contributed by atoms with Gasteiger partial charge in [0.2, 0.25) is 0 Å². The van der Waals surface area contributed by atoms with E-state index in [0.29, 0.717) is 12.3 Å². The Hall–Kier alpha value is -2.04. The van der Waals surface area contributed by atoms with Crippen molar-refractivity contribution in [3.8, 4) is 11.5 Å². The lowest BCUT2D eigenvalue weighted by molar-refractivity contribution is 0.0435. The van der Waals surface area contributed by atoms with Crippen LogP contribution in [-0.4, -0.2) is 25.4 Å². The van der Waals surface area contributed by atoms with Crippen LogP contribution in [0.1, 0.15) is 137 Å². The highest BCUT2D eigenvalue weighted by Crippen LogP contribution is 2.48. The smallest absolute Gasteiger partial charge is 0.130 e. The van der Waals surface area contributed by atoms with Crippen molar-refractivity contribution in [3.63, 3.8) is 0 Å². The van der Waals surface area contributed by atoms with Crippen LogP contribution in [0.25, 0.3) is 0 Å². The van der Waals surface area contributed by atoms with Gasteiger partial charge in [0.25, 0.3) is 0 Å². The third-order valence-corrected chi connectivity index (χ3v) is 7.96. The summed E-state index contributed by atoms with van der Waals surface area (Å²) >= 11 is 0. The summed E-state index contributed by atoms with van der Waals surface area (Å²) in [7, 11) is 3.48. The molecule has 1 unspecified atom stereocenters. The van der Waals surface area contributed by atoms with E-state index in [0.717, 1.165) is 44.9 Å². The quantitative estimate of drug-likeness (QED) is 0.361. The maximum absolute atomic E-state index is 13.2. The van der Waals surface area contributed by atoms with Crippen LogP contribution in [0.15, 0.2) is 24.3 Å². The maximum Gasteiger partial charge on any atom is 0.130 e. The summed E-state index contributed by atoms with van der Waals surface area (Å²) in [6.07, 6.45) is 0.667. The average Bonchev–Trinajstić information content (AvgIpc) is 2.78. The van der Waals surface area contributed by atoms with Crippen molar-refractivity contribution in [1.82, 2.24) is 0 Å². The SMILES string of the molecule is COc1c(C(C)(C)C)cc(C(O)(c2cc(C(C)(C)C)c(OC)c(C(C)(C)C)c2)C(N)CC(C)C)cc1C(C)(C)C. The molecule has 3 N–H and O–H groups in total. The first kappa shape index (κ1) is 34.2. The van der Waals surface area contributed by atoms with Gasteiger partial charge in [-0.1, -0.05) is 96.9 Å². The molecule has 2 rings (SSSR count). The van der Waals surface area contributed by atoms with Crippen LogP contribution in [0.5, 0.6) is 11.5 Å². The molecular weight excluding hydrogens is 494 g/mol. The standard InChI is InChI=1S/C36H59NO3/c1-22(2)17-29(37)36(38,23-18-25(32(3,4)5)30(39-15)26(19-23)33(6,7)8)24-20-27(34(9,10)11)31(40-16)28(21-24)35(12,13)14/h18-22,29,38H,17,37H2,1-16H3. The highest BCUT2D eigenvalue weighted by Gasteiger charge is 2.43. The molecule has 0 heterocycles. The lowest BCUT2D eigenvalue weighted by Gasteiger charge is -2.40. The second-order valence-corrected chi connectivity index (χ2v) is 16.2. The van der Waals surface area contributed by atoms with Gasteiger partial charge in [0.05, 0.1) is 14.2 Å². The van der Waals surface area contributed by atoms with E-state index in [2.05, 4.69) is 121 Å². The lowest BCUT2D eigenvalue weighted by atomic mass is 9.70. The molecule has 2 aromatic rings. The maximum atomic E-state index is 13.2. The molecule has 0 saturated heterocycles. The summed E-state index contributed by atoms with van der Waals surface area (Å²) in [5, 5.41) is 13.2. The number of hydrogen-bond acceptors (Lipinski definition) is 4. The van der Waals surface area contributed by atoms with Crippen molar-refractivity contribution >= 4 is 0 Å². The van der Waals surface area contributed by atoms with Crippen LogP contribution in [-0.2, 0) is 27.3 Å². The zero-order valence-electron chi connectivity index (χ0n) is 28.5. The normalized spacial score (nSPS) is 14.5. The molecule has 0 fully saturated rings. The first-order chi connectivity index (χ1) is 17.9. The van der Waals surface area contributed by atoms with Gasteiger partial charge in [-0.15, -0.1) is 0 Å². The lowest BCUT2D eigenvalue weighted by Crippen LogP contribution is -2.48. The second-order valence-electron chi connectivity index (χ2n) is 16.2. The van der Waals surface area contributed by atoms with Crippen molar-refractivity contribution in [2.45, 2.75) is 137 Å². The molecule has 0 aliphatic rings. The number of methoxy groups -OCH3 is 2. The molecular formula is C36H59NO3. The molecule has 0 aliphatic heterocycles. The molecule has 2 aromatic carbocycles. The van der Waals surface area contributed by atoms with Crippen LogP contribution in [0.4, 0.5) is 0 Å². The zero-order valence-corrected chi connectivity index (χ0v) is 28.5. The Balaban J connectivity index is 3.22. The number of aliphatic hydroxyl groups is 1. The Morgan fingerprint density at radius 3 is 1.02 bits per heavy atom. The van der Waals surface area contributed by atoms with E-state index < -0.39 is 11.6 Å². The molecule has 0 amide bonds. The molecule has 0 aromatic heterocycles. The molecule has 4 heteroatoms. The Kier molecular flexibility index (Phi) is 9.67. The van der Waals surface area contributed by atoms with Gasteiger partial charge in [0, 0.05) is 28.3 Å². The van der Waals surface area contributed by atoms with Gasteiger partial charge in [-0.25, -0.2) is 0 Å². The first-order valence-corrected chi connectivity index (χ1v) is 14.9. The number of hydrogen-bond donors (Lipinski definition) is 2. The fourth-order valence-electron chi connectivity index (χ4n) is 5.64. The summed E-state index contributed by atoms with van der Waals surface area (Å²) in [4.78, 5) is 0. The predicted octanol–water partition coefficient (Wildman–Crippen LogP) is 8.50. The minimum absolute atomic E-state index is 0.211. The molecule has 40 heavy (non-hydrogen) atoms. The minimum atomic E-state index is -1.44. The summed E-state index contributed by atoms with van der Waals surface area (Å²) in [5.74, 6) is 2.07. The number of benzene rings is 2. The molecule has 1 atom stereocenters. The van der Waals surface area contributed by atoms with E-state index in [1.807, 2.05) is 0 Å². The van der Waals surface area contributed by atoms with E-state index in [1.165, 1.54) is 0 Å². The van der Waals surface area contributed by atoms with E-state index in [9.17, 15) is 5.11 Å². The van der Waals surface area contributed by atoms with Gasteiger partial charge in [-0.05, 0) is 69.4 Å². The van der Waals surface area contributed by atoms with Crippen molar-refractivity contribution in [2.24, 2.45) is 11.7 Å². The van der Waals surface area contributed by atoms with Crippen molar-refractivity contribution in [3.05, 3.63) is 57.6 Å². The van der Waals surface area contributed by atoms with Crippen molar-refractivity contribution < 1.29 is 14.6 Å².